The third-order valence-electron chi connectivity index (χ3n) is 5.62. The van der Waals surface area contributed by atoms with Crippen LogP contribution in [0.3, 0.4) is 0 Å². The summed E-state index contributed by atoms with van der Waals surface area (Å²) in [4.78, 5) is 8.05. The fourth-order valence-corrected chi connectivity index (χ4v) is 5.94. The van der Waals surface area contributed by atoms with E-state index < -0.39 is 8.40 Å². The van der Waals surface area contributed by atoms with Gasteiger partial charge in [0.15, 0.2) is 0 Å². The first-order chi connectivity index (χ1) is 13.4. The maximum atomic E-state index is 4.03. The molecule has 29 heavy (non-hydrogen) atoms. The first-order valence-electron chi connectivity index (χ1n) is 11.3. The van der Waals surface area contributed by atoms with Gasteiger partial charge in [0.2, 0.25) is 0 Å². The summed E-state index contributed by atoms with van der Waals surface area (Å²) in [5, 5.41) is 0. The first kappa shape index (κ1) is 23.5. The smallest absolute Gasteiger partial charge is 0.252 e. The first-order valence-corrected chi connectivity index (χ1v) is 14.3. The molecule has 0 aliphatic carbocycles. The standard InChI is InChI=1S/C26H42N2Si/c1-17(2)21-13-11-14-22(18(3)4)25(21)27-29(9,10)28-26-23(19(5)6)15-12-16-24(26)20(7)8/h11-20,27-28H,1-10H3. The largest absolute Gasteiger partial charge is 0.394 e. The molecule has 0 aromatic heterocycles. The van der Waals surface area contributed by atoms with Crippen molar-refractivity contribution in [3.8, 4) is 0 Å². The maximum absolute atomic E-state index is 4.03. The van der Waals surface area contributed by atoms with Crippen LogP contribution in [0, 0.1) is 0 Å². The lowest BCUT2D eigenvalue weighted by Gasteiger charge is -2.33. The highest BCUT2D eigenvalue weighted by Crippen LogP contribution is 2.36. The predicted molar refractivity (Wildman–Crippen MR) is 134 cm³/mol. The summed E-state index contributed by atoms with van der Waals surface area (Å²) in [5.41, 5.74) is 8.35. The lowest BCUT2D eigenvalue weighted by atomic mass is 9.93. The minimum atomic E-state index is -1.99. The summed E-state index contributed by atoms with van der Waals surface area (Å²) in [6.07, 6.45) is 0. The zero-order chi connectivity index (χ0) is 21.9. The van der Waals surface area contributed by atoms with Crippen LogP contribution in [0.1, 0.15) is 101 Å². The van der Waals surface area contributed by atoms with Crippen molar-refractivity contribution in [1.82, 2.24) is 0 Å². The van der Waals surface area contributed by atoms with Crippen molar-refractivity contribution in [3.05, 3.63) is 58.7 Å². The molecule has 2 nitrogen and oxygen atoms in total. The summed E-state index contributed by atoms with van der Waals surface area (Å²) in [5.74, 6) is 1.98. The molecule has 0 heterocycles. The number of nitrogens with one attached hydrogen (secondary N) is 2. The van der Waals surface area contributed by atoms with Gasteiger partial charge in [0.1, 0.15) is 0 Å². The van der Waals surface area contributed by atoms with E-state index in [2.05, 4.69) is 115 Å². The Morgan fingerprint density at radius 3 is 0.966 bits per heavy atom. The van der Waals surface area contributed by atoms with Crippen molar-refractivity contribution in [2.75, 3.05) is 9.96 Å². The topological polar surface area (TPSA) is 24.1 Å². The normalized spacial score (nSPS) is 12.3. The van der Waals surface area contributed by atoms with Gasteiger partial charge in [0.25, 0.3) is 8.40 Å². The van der Waals surface area contributed by atoms with Gasteiger partial charge >= 0.3 is 0 Å². The van der Waals surface area contributed by atoms with E-state index >= 15 is 0 Å². The lowest BCUT2D eigenvalue weighted by Crippen LogP contribution is -2.47. The van der Waals surface area contributed by atoms with Crippen LogP contribution in [0.4, 0.5) is 11.4 Å². The average Bonchev–Trinajstić information content (AvgIpc) is 2.60. The summed E-state index contributed by atoms with van der Waals surface area (Å²) < 4.78 is 0. The van der Waals surface area contributed by atoms with Crippen molar-refractivity contribution in [2.24, 2.45) is 0 Å². The van der Waals surface area contributed by atoms with Gasteiger partial charge in [0, 0.05) is 11.4 Å². The zero-order valence-corrected chi connectivity index (χ0v) is 21.3. The van der Waals surface area contributed by atoms with Crippen molar-refractivity contribution >= 4 is 19.8 Å². The molecule has 0 unspecified atom stereocenters. The molecule has 3 heteroatoms. The molecule has 0 amide bonds. The fourth-order valence-electron chi connectivity index (χ4n) is 4.05. The van der Waals surface area contributed by atoms with Crippen molar-refractivity contribution < 1.29 is 0 Å². The minimum Gasteiger partial charge on any atom is -0.394 e. The quantitative estimate of drug-likeness (QED) is 0.427. The second-order valence-corrected chi connectivity index (χ2v) is 13.9. The number of anilines is 2. The van der Waals surface area contributed by atoms with Gasteiger partial charge in [-0.1, -0.05) is 91.8 Å². The van der Waals surface area contributed by atoms with Crippen molar-refractivity contribution in [1.29, 1.82) is 0 Å². The lowest BCUT2D eigenvalue weighted by molar-refractivity contribution is 0.837. The highest BCUT2D eigenvalue weighted by Gasteiger charge is 2.28. The molecular weight excluding hydrogens is 368 g/mol. The van der Waals surface area contributed by atoms with Gasteiger partial charge < -0.3 is 9.96 Å². The molecular formula is C26H42N2Si. The molecule has 2 aromatic rings. The molecule has 0 saturated carbocycles. The SMILES string of the molecule is CC(C)c1cccc(C(C)C)c1N[Si](C)(C)Nc1c(C(C)C)cccc1C(C)C. The van der Waals surface area contributed by atoms with Gasteiger partial charge in [0.05, 0.1) is 0 Å². The predicted octanol–water partition coefficient (Wildman–Crippen LogP) is 8.41. The molecule has 0 fully saturated rings. The second kappa shape index (κ2) is 9.38. The van der Waals surface area contributed by atoms with Gasteiger partial charge in [-0.3, -0.25) is 0 Å². The Morgan fingerprint density at radius 1 is 0.517 bits per heavy atom. The van der Waals surface area contributed by atoms with E-state index in [4.69, 9.17) is 0 Å². The molecule has 160 valence electrons. The third-order valence-corrected chi connectivity index (χ3v) is 7.37. The molecule has 2 N–H and O–H groups in total. The Bertz CT molecular complexity index is 699. The van der Waals surface area contributed by atoms with E-state index in [1.54, 1.807) is 0 Å². The molecule has 0 bridgehead atoms. The van der Waals surface area contributed by atoms with Crippen LogP contribution >= 0.6 is 0 Å². The van der Waals surface area contributed by atoms with Gasteiger partial charge in [-0.25, -0.2) is 0 Å². The number of hydrogen-bond donors (Lipinski definition) is 2. The highest BCUT2D eigenvalue weighted by atomic mass is 28.3. The van der Waals surface area contributed by atoms with E-state index in [-0.39, 0.29) is 0 Å². The molecule has 0 aliphatic rings. The maximum Gasteiger partial charge on any atom is 0.252 e. The van der Waals surface area contributed by atoms with Crippen LogP contribution in [0.5, 0.6) is 0 Å². The number of rotatable bonds is 8. The highest BCUT2D eigenvalue weighted by molar-refractivity contribution is 6.83. The Hall–Kier alpha value is -1.74. The average molecular weight is 411 g/mol. The summed E-state index contributed by atoms with van der Waals surface area (Å²) in [6.45, 7) is 23.1. The molecule has 0 radical (unpaired) electrons. The van der Waals surface area contributed by atoms with Crippen LogP contribution in [-0.4, -0.2) is 8.40 Å². The summed E-state index contributed by atoms with van der Waals surface area (Å²) >= 11 is 0. The van der Waals surface area contributed by atoms with Gasteiger partial charge in [-0.05, 0) is 59.0 Å². The minimum absolute atomic E-state index is 0.496. The zero-order valence-electron chi connectivity index (χ0n) is 20.3. The number of para-hydroxylation sites is 2. The van der Waals surface area contributed by atoms with Gasteiger partial charge in [-0.2, -0.15) is 0 Å². The molecule has 0 spiro atoms. The Kier molecular flexibility index (Phi) is 7.61. The molecule has 0 aliphatic heterocycles. The monoisotopic (exact) mass is 410 g/mol. The molecule has 2 aromatic carbocycles. The molecule has 0 atom stereocenters. The van der Waals surface area contributed by atoms with Crippen LogP contribution in [0.25, 0.3) is 0 Å². The fraction of sp³-hybridized carbons (Fsp3) is 0.538. The Labute approximate surface area is 180 Å². The van der Waals surface area contributed by atoms with E-state index in [9.17, 15) is 0 Å². The number of hydrogen-bond acceptors (Lipinski definition) is 2. The van der Waals surface area contributed by atoms with Crippen molar-refractivity contribution in [3.63, 3.8) is 0 Å². The molecule has 0 saturated heterocycles. The van der Waals surface area contributed by atoms with E-state index in [1.165, 1.54) is 33.6 Å². The van der Waals surface area contributed by atoms with Gasteiger partial charge in [-0.15, -0.1) is 0 Å². The number of benzene rings is 2. The van der Waals surface area contributed by atoms with Crippen LogP contribution in [-0.2, 0) is 0 Å². The van der Waals surface area contributed by atoms with Crippen LogP contribution in [0.15, 0.2) is 36.4 Å². The van der Waals surface area contributed by atoms with E-state index in [0.717, 1.165) is 0 Å². The summed E-state index contributed by atoms with van der Waals surface area (Å²) in [6, 6.07) is 13.6. The summed E-state index contributed by atoms with van der Waals surface area (Å²) in [7, 11) is -1.99. The second-order valence-electron chi connectivity index (χ2n) is 10.1. The Balaban J connectivity index is 2.50. The van der Waals surface area contributed by atoms with E-state index in [0.29, 0.717) is 23.7 Å². The third kappa shape index (κ3) is 5.66. The van der Waals surface area contributed by atoms with Crippen LogP contribution < -0.4 is 9.96 Å². The molecule has 2 rings (SSSR count). The van der Waals surface area contributed by atoms with E-state index in [1.807, 2.05) is 0 Å². The Morgan fingerprint density at radius 2 is 0.759 bits per heavy atom. The van der Waals surface area contributed by atoms with Crippen LogP contribution in [0.2, 0.25) is 13.1 Å². The van der Waals surface area contributed by atoms with Crippen molar-refractivity contribution in [2.45, 2.75) is 92.2 Å².